The van der Waals surface area contributed by atoms with E-state index >= 15 is 0 Å². The van der Waals surface area contributed by atoms with Gasteiger partial charge in [-0.15, -0.1) is 12.4 Å². The van der Waals surface area contributed by atoms with Crippen LogP contribution in [0.2, 0.25) is 5.02 Å². The number of halogens is 4. The molecular weight excluding hydrogens is 449 g/mol. The first kappa shape index (κ1) is 24.5. The fourth-order valence-corrected chi connectivity index (χ4v) is 3.24. The molecule has 2 amide bonds. The zero-order valence-electron chi connectivity index (χ0n) is 17.1. The van der Waals surface area contributed by atoms with Crippen LogP contribution >= 0.6 is 24.0 Å². The standard InChI is InChI=1S/C20H21ClF2N6O.ClH/c1-4-29(24)20(30)27-11(2)19-17(23)5-12(8-25-19)15-6-14(21)7-16(22)18(15)13-9-26-28(3)10-13;/h5-11H,4,24H2,1-3H3,(H,27,30);1H. The quantitative estimate of drug-likeness (QED) is 0.327. The second-order valence-corrected chi connectivity index (χ2v) is 7.20. The number of carbonyl (C=O) groups excluding carboxylic acids is 1. The number of amides is 2. The molecule has 0 radical (unpaired) electrons. The molecule has 0 fully saturated rings. The van der Waals surface area contributed by atoms with Gasteiger partial charge in [0.05, 0.1) is 17.9 Å². The average Bonchev–Trinajstić information content (AvgIpc) is 3.12. The topological polar surface area (TPSA) is 89.1 Å². The number of hydrogen-bond donors (Lipinski definition) is 2. The van der Waals surface area contributed by atoms with Gasteiger partial charge in [-0.3, -0.25) is 14.7 Å². The predicted molar refractivity (Wildman–Crippen MR) is 118 cm³/mol. The second-order valence-electron chi connectivity index (χ2n) is 6.76. The number of nitrogens with two attached hydrogens (primary N) is 1. The van der Waals surface area contributed by atoms with Crippen LogP contribution in [0.25, 0.3) is 22.3 Å². The van der Waals surface area contributed by atoms with Gasteiger partial charge in [0, 0.05) is 47.7 Å². The third kappa shape index (κ3) is 5.30. The summed E-state index contributed by atoms with van der Waals surface area (Å²) >= 11 is 6.05. The normalized spacial score (nSPS) is 11.6. The maximum absolute atomic E-state index is 14.9. The summed E-state index contributed by atoms with van der Waals surface area (Å²) in [5.41, 5.74) is 1.51. The third-order valence-corrected chi connectivity index (χ3v) is 4.80. The molecule has 11 heteroatoms. The lowest BCUT2D eigenvalue weighted by Gasteiger charge is -2.20. The van der Waals surface area contributed by atoms with E-state index < -0.39 is 23.7 Å². The van der Waals surface area contributed by atoms with Crippen LogP contribution in [0.15, 0.2) is 36.8 Å². The van der Waals surface area contributed by atoms with E-state index in [2.05, 4.69) is 15.4 Å². The van der Waals surface area contributed by atoms with Crippen molar-refractivity contribution in [2.45, 2.75) is 19.9 Å². The number of nitrogens with zero attached hydrogens (tertiary/aromatic N) is 4. The molecule has 7 nitrogen and oxygen atoms in total. The van der Waals surface area contributed by atoms with Gasteiger partial charge < -0.3 is 5.32 Å². The van der Waals surface area contributed by atoms with Crippen LogP contribution in [-0.2, 0) is 7.05 Å². The Morgan fingerprint density at radius 2 is 1.97 bits per heavy atom. The lowest BCUT2D eigenvalue weighted by atomic mass is 9.96. The number of urea groups is 1. The summed E-state index contributed by atoms with van der Waals surface area (Å²) in [6.07, 6.45) is 4.57. The predicted octanol–water partition coefficient (Wildman–Crippen LogP) is 4.47. The first-order valence-corrected chi connectivity index (χ1v) is 9.55. The summed E-state index contributed by atoms with van der Waals surface area (Å²) in [6, 6.07) is 2.69. The highest BCUT2D eigenvalue weighted by Crippen LogP contribution is 2.37. The molecular formula is C20H22Cl2F2N6O. The van der Waals surface area contributed by atoms with Gasteiger partial charge in [0.2, 0.25) is 0 Å². The Kier molecular flexibility index (Phi) is 7.94. The first-order chi connectivity index (χ1) is 14.2. The molecule has 1 unspecified atom stereocenters. The van der Waals surface area contributed by atoms with Gasteiger partial charge >= 0.3 is 6.03 Å². The van der Waals surface area contributed by atoms with Crippen molar-refractivity contribution in [2.75, 3.05) is 6.54 Å². The van der Waals surface area contributed by atoms with Crippen LogP contribution in [0.1, 0.15) is 25.6 Å². The van der Waals surface area contributed by atoms with Crippen LogP contribution < -0.4 is 11.2 Å². The number of hydrazine groups is 1. The molecule has 2 aromatic heterocycles. The molecule has 166 valence electrons. The molecule has 3 N–H and O–H groups in total. The largest absolute Gasteiger partial charge is 0.332 e. The summed E-state index contributed by atoms with van der Waals surface area (Å²) in [5.74, 6) is 4.32. The van der Waals surface area contributed by atoms with Gasteiger partial charge in [0.15, 0.2) is 0 Å². The van der Waals surface area contributed by atoms with Crippen molar-refractivity contribution in [1.82, 2.24) is 25.1 Å². The minimum atomic E-state index is -0.724. The smallest absolute Gasteiger partial charge is 0.329 e. The number of benzene rings is 1. The Morgan fingerprint density at radius 1 is 1.26 bits per heavy atom. The van der Waals surface area contributed by atoms with Gasteiger partial charge in [0.25, 0.3) is 0 Å². The van der Waals surface area contributed by atoms with Crippen LogP contribution in [-0.4, -0.2) is 32.3 Å². The van der Waals surface area contributed by atoms with Crippen LogP contribution in [0.5, 0.6) is 0 Å². The molecule has 2 heterocycles. The van der Waals surface area contributed by atoms with E-state index in [9.17, 15) is 13.6 Å². The maximum atomic E-state index is 14.9. The van der Waals surface area contributed by atoms with Crippen molar-refractivity contribution < 1.29 is 13.6 Å². The minimum absolute atomic E-state index is 0. The molecule has 0 saturated heterocycles. The molecule has 0 aliphatic rings. The van der Waals surface area contributed by atoms with Gasteiger partial charge in [-0.25, -0.2) is 19.4 Å². The Labute approximate surface area is 189 Å². The third-order valence-electron chi connectivity index (χ3n) is 4.58. The van der Waals surface area contributed by atoms with Crippen molar-refractivity contribution in [2.24, 2.45) is 12.9 Å². The van der Waals surface area contributed by atoms with E-state index in [0.717, 1.165) is 5.01 Å². The Bertz CT molecular complexity index is 1090. The molecule has 0 aliphatic carbocycles. The van der Waals surface area contributed by atoms with E-state index in [4.69, 9.17) is 17.4 Å². The fourth-order valence-electron chi connectivity index (χ4n) is 3.04. The molecule has 0 bridgehead atoms. The second kappa shape index (κ2) is 10.0. The lowest BCUT2D eigenvalue weighted by Crippen LogP contribution is -2.45. The number of aromatic nitrogens is 3. The van der Waals surface area contributed by atoms with Gasteiger partial charge in [-0.2, -0.15) is 5.10 Å². The molecule has 1 aromatic carbocycles. The van der Waals surface area contributed by atoms with Crippen molar-refractivity contribution >= 4 is 30.0 Å². The summed E-state index contributed by atoms with van der Waals surface area (Å²) in [7, 11) is 1.71. The molecule has 0 saturated carbocycles. The average molecular weight is 471 g/mol. The van der Waals surface area contributed by atoms with Crippen molar-refractivity contribution in [1.29, 1.82) is 0 Å². The summed E-state index contributed by atoms with van der Waals surface area (Å²) in [4.78, 5) is 16.1. The van der Waals surface area contributed by atoms with E-state index in [0.29, 0.717) is 23.2 Å². The van der Waals surface area contributed by atoms with E-state index in [1.54, 1.807) is 33.2 Å². The van der Waals surface area contributed by atoms with Crippen LogP contribution in [0.3, 0.4) is 0 Å². The zero-order chi connectivity index (χ0) is 22.0. The number of rotatable bonds is 5. The molecule has 1 atom stereocenters. The van der Waals surface area contributed by atoms with Gasteiger partial charge in [-0.05, 0) is 37.6 Å². The number of carbonyl (C=O) groups is 1. The molecule has 0 aliphatic heterocycles. The minimum Gasteiger partial charge on any atom is -0.329 e. The lowest BCUT2D eigenvalue weighted by molar-refractivity contribution is 0.198. The monoisotopic (exact) mass is 470 g/mol. The van der Waals surface area contributed by atoms with E-state index in [1.165, 1.54) is 29.2 Å². The highest BCUT2D eigenvalue weighted by Gasteiger charge is 2.20. The zero-order valence-corrected chi connectivity index (χ0v) is 18.6. The maximum Gasteiger partial charge on any atom is 0.332 e. The van der Waals surface area contributed by atoms with Crippen molar-refractivity contribution in [3.8, 4) is 22.3 Å². The van der Waals surface area contributed by atoms with Crippen molar-refractivity contribution in [3.05, 3.63) is 59.1 Å². The SMILES string of the molecule is CCN(N)C(=O)NC(C)c1ncc(-c2cc(Cl)cc(F)c2-c2cnn(C)c2)cc1F.Cl. The summed E-state index contributed by atoms with van der Waals surface area (Å²) in [5, 5.41) is 7.78. The van der Waals surface area contributed by atoms with E-state index in [-0.39, 0.29) is 28.7 Å². The van der Waals surface area contributed by atoms with Gasteiger partial charge in [0.1, 0.15) is 11.6 Å². The van der Waals surface area contributed by atoms with E-state index in [1.807, 2.05) is 0 Å². The number of aryl methyl sites for hydroxylation is 1. The Balaban J connectivity index is 0.00000341. The summed E-state index contributed by atoms with van der Waals surface area (Å²) < 4.78 is 31.1. The van der Waals surface area contributed by atoms with Crippen molar-refractivity contribution in [3.63, 3.8) is 0 Å². The summed E-state index contributed by atoms with van der Waals surface area (Å²) in [6.45, 7) is 3.60. The molecule has 3 aromatic rings. The molecule has 31 heavy (non-hydrogen) atoms. The Morgan fingerprint density at radius 3 is 2.55 bits per heavy atom. The fraction of sp³-hybridized carbons (Fsp3) is 0.250. The molecule has 0 spiro atoms. The molecule has 3 rings (SSSR count). The van der Waals surface area contributed by atoms with Gasteiger partial charge in [-0.1, -0.05) is 11.6 Å². The highest BCUT2D eigenvalue weighted by atomic mass is 35.5. The number of nitrogens with one attached hydrogen (secondary N) is 1. The Hall–Kier alpha value is -2.75. The number of hydrogen-bond acceptors (Lipinski definition) is 4. The number of pyridine rings is 1. The van der Waals surface area contributed by atoms with Crippen LogP contribution in [0, 0.1) is 11.6 Å². The van der Waals surface area contributed by atoms with Crippen LogP contribution in [0.4, 0.5) is 13.6 Å². The first-order valence-electron chi connectivity index (χ1n) is 9.17. The highest BCUT2D eigenvalue weighted by molar-refractivity contribution is 6.31.